The summed E-state index contributed by atoms with van der Waals surface area (Å²) in [7, 11) is 0. The van der Waals surface area contributed by atoms with Crippen molar-refractivity contribution < 1.29 is 10.0 Å². The van der Waals surface area contributed by atoms with Gasteiger partial charge in [-0.1, -0.05) is 0 Å². The predicted molar refractivity (Wildman–Crippen MR) is 69.7 cm³/mol. The van der Waals surface area contributed by atoms with Gasteiger partial charge in [-0.3, -0.25) is 10.0 Å². The molecule has 0 aliphatic heterocycles. The third kappa shape index (κ3) is 2.97. The first-order chi connectivity index (χ1) is 8.01. The molecule has 0 unspecified atom stereocenters. The minimum Gasteiger partial charge on any atom is -0.372 e. The number of carbonyl (C=O) groups excluding carboxylic acids is 1. The Hall–Kier alpha value is -1.55. The van der Waals surface area contributed by atoms with Crippen LogP contribution >= 0.6 is 0 Å². The molecule has 1 amide bonds. The van der Waals surface area contributed by atoms with Crippen LogP contribution in [0.15, 0.2) is 18.2 Å². The summed E-state index contributed by atoms with van der Waals surface area (Å²) in [6, 6.07) is 5.67. The van der Waals surface area contributed by atoms with Gasteiger partial charge in [0, 0.05) is 25.7 Å². The van der Waals surface area contributed by atoms with Gasteiger partial charge in [0.25, 0.3) is 0 Å². The molecule has 94 valence electrons. The van der Waals surface area contributed by atoms with E-state index in [0.717, 1.165) is 24.3 Å². The SMILES string of the molecule is CCN(CC)c1ccc(N(O)C(C)=O)c(C)c1. The van der Waals surface area contributed by atoms with E-state index < -0.39 is 0 Å². The van der Waals surface area contributed by atoms with Gasteiger partial charge in [-0.25, -0.2) is 0 Å². The number of nitrogens with zero attached hydrogens (tertiary/aromatic N) is 2. The lowest BCUT2D eigenvalue weighted by atomic mass is 10.1. The van der Waals surface area contributed by atoms with Gasteiger partial charge in [-0.2, -0.15) is 5.06 Å². The fourth-order valence-electron chi connectivity index (χ4n) is 1.83. The molecule has 0 radical (unpaired) electrons. The Bertz CT molecular complexity index is 400. The molecular formula is C13H20N2O2. The van der Waals surface area contributed by atoms with E-state index in [1.54, 1.807) is 6.07 Å². The second-order valence-corrected chi connectivity index (χ2v) is 3.97. The molecule has 0 aliphatic carbocycles. The zero-order valence-electron chi connectivity index (χ0n) is 10.9. The van der Waals surface area contributed by atoms with Crippen LogP contribution < -0.4 is 9.96 Å². The molecule has 0 saturated carbocycles. The second-order valence-electron chi connectivity index (χ2n) is 3.97. The molecule has 0 heterocycles. The van der Waals surface area contributed by atoms with Gasteiger partial charge < -0.3 is 4.90 Å². The summed E-state index contributed by atoms with van der Waals surface area (Å²) in [6.45, 7) is 9.28. The Morgan fingerprint density at radius 2 is 1.88 bits per heavy atom. The number of aryl methyl sites for hydroxylation is 1. The van der Waals surface area contributed by atoms with Crippen molar-refractivity contribution in [1.82, 2.24) is 0 Å². The van der Waals surface area contributed by atoms with Crippen LogP contribution in [0.3, 0.4) is 0 Å². The van der Waals surface area contributed by atoms with Gasteiger partial charge in [0.05, 0.1) is 5.69 Å². The van der Waals surface area contributed by atoms with E-state index in [2.05, 4.69) is 18.7 Å². The molecule has 0 saturated heterocycles. The van der Waals surface area contributed by atoms with Crippen LogP contribution in [0.1, 0.15) is 26.3 Å². The highest BCUT2D eigenvalue weighted by atomic mass is 16.5. The maximum absolute atomic E-state index is 11.1. The number of hydroxylamine groups is 1. The molecule has 0 fully saturated rings. The predicted octanol–water partition coefficient (Wildman–Crippen LogP) is 2.58. The maximum atomic E-state index is 11.1. The summed E-state index contributed by atoms with van der Waals surface area (Å²) in [5, 5.41) is 10.3. The van der Waals surface area contributed by atoms with Crippen molar-refractivity contribution in [1.29, 1.82) is 0 Å². The topological polar surface area (TPSA) is 43.8 Å². The number of carbonyl (C=O) groups is 1. The van der Waals surface area contributed by atoms with Gasteiger partial charge in [0.15, 0.2) is 0 Å². The first-order valence-corrected chi connectivity index (χ1v) is 5.86. The molecule has 1 aromatic rings. The molecule has 0 aromatic heterocycles. The van der Waals surface area contributed by atoms with Gasteiger partial charge in [0.1, 0.15) is 0 Å². The number of benzene rings is 1. The number of rotatable bonds is 4. The van der Waals surface area contributed by atoms with Crippen molar-refractivity contribution in [2.45, 2.75) is 27.7 Å². The standard InChI is InChI=1S/C13H20N2O2/c1-5-14(6-2)12-7-8-13(10(3)9-12)15(17)11(4)16/h7-9,17H,5-6H2,1-4H3. The minimum absolute atomic E-state index is 0.385. The minimum atomic E-state index is -0.385. The summed E-state index contributed by atoms with van der Waals surface area (Å²) in [6.07, 6.45) is 0. The van der Waals surface area contributed by atoms with Crippen molar-refractivity contribution in [2.75, 3.05) is 23.1 Å². The normalized spacial score (nSPS) is 10.2. The number of hydrogen-bond donors (Lipinski definition) is 1. The first-order valence-electron chi connectivity index (χ1n) is 5.86. The lowest BCUT2D eigenvalue weighted by molar-refractivity contribution is -0.121. The smallest absolute Gasteiger partial charge is 0.247 e. The van der Waals surface area contributed by atoms with E-state index in [9.17, 15) is 10.0 Å². The van der Waals surface area contributed by atoms with Crippen LogP contribution in [0, 0.1) is 6.92 Å². The number of amides is 1. The fourth-order valence-corrected chi connectivity index (χ4v) is 1.83. The average Bonchev–Trinajstić information content (AvgIpc) is 2.30. The van der Waals surface area contributed by atoms with Crippen molar-refractivity contribution in [3.05, 3.63) is 23.8 Å². The molecule has 0 aliphatic rings. The van der Waals surface area contributed by atoms with Gasteiger partial charge >= 0.3 is 0 Å². The van der Waals surface area contributed by atoms with Crippen LogP contribution in [0.25, 0.3) is 0 Å². The summed E-state index contributed by atoms with van der Waals surface area (Å²) >= 11 is 0. The van der Waals surface area contributed by atoms with E-state index in [1.165, 1.54) is 6.92 Å². The lowest BCUT2D eigenvalue weighted by Gasteiger charge is -2.23. The molecule has 4 nitrogen and oxygen atoms in total. The average molecular weight is 236 g/mol. The van der Waals surface area contributed by atoms with Crippen LogP contribution in [0.2, 0.25) is 0 Å². The zero-order chi connectivity index (χ0) is 13.0. The van der Waals surface area contributed by atoms with E-state index >= 15 is 0 Å². The van der Waals surface area contributed by atoms with Gasteiger partial charge in [0.2, 0.25) is 5.91 Å². The Labute approximate surface area is 102 Å². The Morgan fingerprint density at radius 1 is 1.29 bits per heavy atom. The number of anilines is 2. The van der Waals surface area contributed by atoms with Crippen molar-refractivity contribution in [3.63, 3.8) is 0 Å². The van der Waals surface area contributed by atoms with Gasteiger partial charge in [-0.05, 0) is 44.5 Å². The third-order valence-corrected chi connectivity index (χ3v) is 2.84. The highest BCUT2D eigenvalue weighted by Gasteiger charge is 2.12. The molecular weight excluding hydrogens is 216 g/mol. The summed E-state index contributed by atoms with van der Waals surface area (Å²) in [4.78, 5) is 13.3. The van der Waals surface area contributed by atoms with Crippen LogP contribution in [0.4, 0.5) is 11.4 Å². The quantitative estimate of drug-likeness (QED) is 0.645. The van der Waals surface area contributed by atoms with Crippen molar-refractivity contribution >= 4 is 17.3 Å². The summed E-state index contributed by atoms with van der Waals surface area (Å²) in [5.74, 6) is -0.385. The number of hydrogen-bond acceptors (Lipinski definition) is 3. The Morgan fingerprint density at radius 3 is 2.29 bits per heavy atom. The van der Waals surface area contributed by atoms with Crippen LogP contribution in [0.5, 0.6) is 0 Å². The zero-order valence-corrected chi connectivity index (χ0v) is 10.9. The first kappa shape index (κ1) is 13.5. The molecule has 0 atom stereocenters. The second kappa shape index (κ2) is 5.68. The molecule has 1 rings (SSSR count). The molecule has 0 spiro atoms. The summed E-state index contributed by atoms with van der Waals surface area (Å²) in [5.41, 5.74) is 2.52. The third-order valence-electron chi connectivity index (χ3n) is 2.84. The molecule has 1 aromatic carbocycles. The molecule has 17 heavy (non-hydrogen) atoms. The Balaban J connectivity index is 3.05. The van der Waals surface area contributed by atoms with Crippen molar-refractivity contribution in [3.8, 4) is 0 Å². The fraction of sp³-hybridized carbons (Fsp3) is 0.462. The van der Waals surface area contributed by atoms with E-state index in [1.807, 2.05) is 19.1 Å². The Kier molecular flexibility index (Phi) is 4.52. The van der Waals surface area contributed by atoms with E-state index in [0.29, 0.717) is 10.8 Å². The van der Waals surface area contributed by atoms with E-state index in [-0.39, 0.29) is 5.91 Å². The van der Waals surface area contributed by atoms with Crippen LogP contribution in [-0.4, -0.2) is 24.2 Å². The van der Waals surface area contributed by atoms with Crippen molar-refractivity contribution in [2.24, 2.45) is 0 Å². The molecule has 1 N–H and O–H groups in total. The van der Waals surface area contributed by atoms with E-state index in [4.69, 9.17) is 0 Å². The lowest BCUT2D eigenvalue weighted by Crippen LogP contribution is -2.25. The van der Waals surface area contributed by atoms with Crippen LogP contribution in [-0.2, 0) is 4.79 Å². The summed E-state index contributed by atoms with van der Waals surface area (Å²) < 4.78 is 0. The highest BCUT2D eigenvalue weighted by Crippen LogP contribution is 2.24. The molecule has 4 heteroatoms. The molecule has 0 bridgehead atoms. The maximum Gasteiger partial charge on any atom is 0.247 e. The largest absolute Gasteiger partial charge is 0.372 e. The van der Waals surface area contributed by atoms with Gasteiger partial charge in [-0.15, -0.1) is 0 Å². The highest BCUT2D eigenvalue weighted by molar-refractivity contribution is 5.90. The monoisotopic (exact) mass is 236 g/mol.